The fraction of sp³-hybridized carbons (Fsp3) is 0.435. The number of hydrogen-bond donors (Lipinski definition) is 1. The van der Waals surface area contributed by atoms with Crippen LogP contribution in [-0.2, 0) is 27.7 Å². The molecule has 2 aromatic rings. The standard InChI is InChI=1S/C21H25ClN2O5.C2H6/c1-21(2,3)29-20(27)23-17(19(26)28-5)10-13-6-8-14(9-7-13)16-11-15(22)12-24(4)18(16)25;1-2/h6-9,11-12,17H,10H2,1-5H3,(H,23,27);1-2H3/t17-;/m0./s1. The van der Waals surface area contributed by atoms with Crippen molar-refractivity contribution >= 4 is 23.7 Å². The number of aromatic nitrogens is 1. The number of halogens is 1. The van der Waals surface area contributed by atoms with Crippen LogP contribution in [0, 0.1) is 0 Å². The van der Waals surface area contributed by atoms with E-state index in [-0.39, 0.29) is 12.0 Å². The second kappa shape index (κ2) is 11.6. The summed E-state index contributed by atoms with van der Waals surface area (Å²) in [6.45, 7) is 9.20. The normalized spacial score (nSPS) is 11.6. The molecular formula is C23H31ClN2O5. The molecular weight excluding hydrogens is 420 g/mol. The number of ether oxygens (including phenoxy) is 2. The number of rotatable bonds is 5. The molecule has 1 amide bonds. The van der Waals surface area contributed by atoms with E-state index in [1.165, 1.54) is 11.7 Å². The molecule has 1 aromatic carbocycles. The Hall–Kier alpha value is -2.80. The van der Waals surface area contributed by atoms with Crippen molar-refractivity contribution in [3.8, 4) is 11.1 Å². The van der Waals surface area contributed by atoms with E-state index in [1.807, 2.05) is 13.8 Å². The summed E-state index contributed by atoms with van der Waals surface area (Å²) in [4.78, 5) is 36.4. The van der Waals surface area contributed by atoms with E-state index in [0.29, 0.717) is 16.1 Å². The molecule has 0 aliphatic heterocycles. The molecule has 0 unspecified atom stereocenters. The number of alkyl carbamates (subject to hydrolysis) is 1. The van der Waals surface area contributed by atoms with E-state index in [4.69, 9.17) is 21.1 Å². The van der Waals surface area contributed by atoms with E-state index in [9.17, 15) is 14.4 Å². The Kier molecular flexibility index (Phi) is 9.78. The fourth-order valence-corrected chi connectivity index (χ4v) is 2.97. The molecule has 7 nitrogen and oxygen atoms in total. The van der Waals surface area contributed by atoms with Gasteiger partial charge in [0, 0.05) is 25.2 Å². The molecule has 8 heteroatoms. The van der Waals surface area contributed by atoms with Crippen LogP contribution in [0.2, 0.25) is 5.02 Å². The SMILES string of the molecule is CC.COC(=O)[C@H](Cc1ccc(-c2cc(Cl)cn(C)c2=O)cc1)NC(=O)OC(C)(C)C. The lowest BCUT2D eigenvalue weighted by Gasteiger charge is -2.22. The Bertz CT molecular complexity index is 946. The van der Waals surface area contributed by atoms with Crippen LogP contribution in [0.25, 0.3) is 11.1 Å². The molecule has 31 heavy (non-hydrogen) atoms. The lowest BCUT2D eigenvalue weighted by Crippen LogP contribution is -2.45. The second-order valence-electron chi connectivity index (χ2n) is 7.61. The number of nitrogens with one attached hydrogen (secondary N) is 1. The average molecular weight is 451 g/mol. The highest BCUT2D eigenvalue weighted by Gasteiger charge is 2.25. The van der Waals surface area contributed by atoms with Gasteiger partial charge in [-0.3, -0.25) is 4.79 Å². The van der Waals surface area contributed by atoms with Gasteiger partial charge < -0.3 is 19.4 Å². The first-order valence-electron chi connectivity index (χ1n) is 10.0. The number of nitrogens with zero attached hydrogens (tertiary/aromatic N) is 1. The zero-order valence-corrected chi connectivity index (χ0v) is 19.9. The Morgan fingerprint density at radius 2 is 1.74 bits per heavy atom. The second-order valence-corrected chi connectivity index (χ2v) is 8.05. The van der Waals surface area contributed by atoms with Gasteiger partial charge >= 0.3 is 12.1 Å². The summed E-state index contributed by atoms with van der Waals surface area (Å²) in [7, 11) is 2.89. The minimum absolute atomic E-state index is 0.166. The third kappa shape index (κ3) is 8.09. The van der Waals surface area contributed by atoms with Gasteiger partial charge in [-0.15, -0.1) is 0 Å². The third-order valence-corrected chi connectivity index (χ3v) is 4.24. The van der Waals surface area contributed by atoms with E-state index >= 15 is 0 Å². The predicted octanol–water partition coefficient (Wildman–Crippen LogP) is 4.34. The fourth-order valence-electron chi connectivity index (χ4n) is 2.72. The van der Waals surface area contributed by atoms with E-state index < -0.39 is 23.7 Å². The Morgan fingerprint density at radius 3 is 2.26 bits per heavy atom. The Balaban J connectivity index is 0.00000233. The average Bonchev–Trinajstić information content (AvgIpc) is 2.70. The van der Waals surface area contributed by atoms with Crippen LogP contribution in [0.3, 0.4) is 0 Å². The summed E-state index contributed by atoms with van der Waals surface area (Å²) in [5.41, 5.74) is 1.10. The highest BCUT2D eigenvalue weighted by molar-refractivity contribution is 6.30. The van der Waals surface area contributed by atoms with Crippen LogP contribution in [-0.4, -0.2) is 35.4 Å². The lowest BCUT2D eigenvalue weighted by molar-refractivity contribution is -0.143. The van der Waals surface area contributed by atoms with Gasteiger partial charge in [-0.2, -0.15) is 0 Å². The monoisotopic (exact) mass is 450 g/mol. The highest BCUT2D eigenvalue weighted by Crippen LogP contribution is 2.20. The number of carbonyl (C=O) groups excluding carboxylic acids is 2. The molecule has 1 aromatic heterocycles. The first-order valence-corrected chi connectivity index (χ1v) is 10.4. The predicted molar refractivity (Wildman–Crippen MR) is 122 cm³/mol. The zero-order chi connectivity index (χ0) is 23.8. The van der Waals surface area contributed by atoms with Gasteiger partial charge in [-0.25, -0.2) is 9.59 Å². The van der Waals surface area contributed by atoms with Crippen LogP contribution in [0.5, 0.6) is 0 Å². The number of carbonyl (C=O) groups is 2. The summed E-state index contributed by atoms with van der Waals surface area (Å²) in [6.07, 6.45) is 1.05. The number of amides is 1. The van der Waals surface area contributed by atoms with Gasteiger partial charge in [0.1, 0.15) is 11.6 Å². The largest absolute Gasteiger partial charge is 0.467 e. The van der Waals surface area contributed by atoms with Crippen LogP contribution in [0.1, 0.15) is 40.2 Å². The van der Waals surface area contributed by atoms with Gasteiger partial charge in [0.15, 0.2) is 0 Å². The van der Waals surface area contributed by atoms with E-state index in [2.05, 4.69) is 5.32 Å². The Labute approximate surface area is 188 Å². The zero-order valence-electron chi connectivity index (χ0n) is 19.1. The van der Waals surface area contributed by atoms with E-state index in [1.54, 1.807) is 64.3 Å². The molecule has 0 fully saturated rings. The lowest BCUT2D eigenvalue weighted by atomic mass is 10.0. The molecule has 0 aliphatic rings. The molecule has 0 saturated heterocycles. The van der Waals surface area contributed by atoms with Gasteiger partial charge in [0.05, 0.1) is 12.1 Å². The van der Waals surface area contributed by atoms with Crippen LogP contribution in [0.15, 0.2) is 41.3 Å². The van der Waals surface area contributed by atoms with Crippen LogP contribution < -0.4 is 10.9 Å². The molecule has 1 N–H and O–H groups in total. The number of aryl methyl sites for hydroxylation is 1. The first kappa shape index (κ1) is 26.2. The van der Waals surface area contributed by atoms with E-state index in [0.717, 1.165) is 5.56 Å². The maximum absolute atomic E-state index is 12.3. The molecule has 1 heterocycles. The minimum atomic E-state index is -0.903. The number of hydrogen-bond acceptors (Lipinski definition) is 5. The van der Waals surface area contributed by atoms with Crippen molar-refractivity contribution in [3.63, 3.8) is 0 Å². The van der Waals surface area contributed by atoms with Crippen molar-refractivity contribution in [1.82, 2.24) is 9.88 Å². The molecule has 0 radical (unpaired) electrons. The van der Waals surface area contributed by atoms with Gasteiger partial charge in [0.2, 0.25) is 0 Å². The quantitative estimate of drug-likeness (QED) is 0.684. The number of benzene rings is 1. The summed E-state index contributed by atoms with van der Waals surface area (Å²) >= 11 is 6.05. The maximum Gasteiger partial charge on any atom is 0.408 e. The molecule has 0 aliphatic carbocycles. The van der Waals surface area contributed by atoms with Gasteiger partial charge in [-0.05, 0) is 38.0 Å². The summed E-state index contributed by atoms with van der Waals surface area (Å²) < 4.78 is 11.4. The maximum atomic E-state index is 12.3. The smallest absolute Gasteiger partial charge is 0.408 e. The van der Waals surface area contributed by atoms with Crippen LogP contribution in [0.4, 0.5) is 4.79 Å². The van der Waals surface area contributed by atoms with Crippen LogP contribution >= 0.6 is 11.6 Å². The Morgan fingerprint density at radius 1 is 1.16 bits per heavy atom. The summed E-state index contributed by atoms with van der Waals surface area (Å²) in [6, 6.07) is 7.80. The van der Waals surface area contributed by atoms with Gasteiger partial charge in [-0.1, -0.05) is 49.7 Å². The topological polar surface area (TPSA) is 86.6 Å². The van der Waals surface area contributed by atoms with Crippen molar-refractivity contribution in [2.75, 3.05) is 7.11 Å². The molecule has 1 atom stereocenters. The highest BCUT2D eigenvalue weighted by atomic mass is 35.5. The number of methoxy groups -OCH3 is 1. The van der Waals surface area contributed by atoms with Crippen molar-refractivity contribution < 1.29 is 19.1 Å². The van der Waals surface area contributed by atoms with Crippen molar-refractivity contribution in [2.24, 2.45) is 7.05 Å². The molecule has 0 saturated carbocycles. The third-order valence-electron chi connectivity index (χ3n) is 4.03. The minimum Gasteiger partial charge on any atom is -0.467 e. The molecule has 0 bridgehead atoms. The number of pyridine rings is 1. The summed E-state index contributed by atoms with van der Waals surface area (Å²) in [5.74, 6) is -0.580. The van der Waals surface area contributed by atoms with Crippen molar-refractivity contribution in [3.05, 3.63) is 57.5 Å². The molecule has 2 rings (SSSR count). The molecule has 0 spiro atoms. The first-order chi connectivity index (χ1) is 14.5. The van der Waals surface area contributed by atoms with Gasteiger partial charge in [0.25, 0.3) is 5.56 Å². The van der Waals surface area contributed by atoms with Crippen molar-refractivity contribution in [1.29, 1.82) is 0 Å². The van der Waals surface area contributed by atoms with Crippen molar-refractivity contribution in [2.45, 2.75) is 52.7 Å². The number of esters is 1. The summed E-state index contributed by atoms with van der Waals surface area (Å²) in [5, 5.41) is 2.99. The molecule has 170 valence electrons.